The Kier molecular flexibility index (Phi) is 13.9. The van der Waals surface area contributed by atoms with E-state index in [0.717, 1.165) is 0 Å². The van der Waals surface area contributed by atoms with Gasteiger partial charge in [0.15, 0.2) is 11.7 Å². The third-order valence-electron chi connectivity index (χ3n) is 10.6. The zero-order valence-corrected chi connectivity index (χ0v) is 36.1. The number of rotatable bonds is 8. The zero-order valence-electron chi connectivity index (χ0n) is 28.8. The predicted octanol–water partition coefficient (Wildman–Crippen LogP) is 3.29. The van der Waals surface area contributed by atoms with Crippen LogP contribution in [0.2, 0.25) is 0 Å². The van der Waals surface area contributed by atoms with E-state index < -0.39 is 104 Å². The van der Waals surface area contributed by atoms with E-state index in [9.17, 15) is 19.5 Å². The third kappa shape index (κ3) is 7.61. The number of hydrogen-bond acceptors (Lipinski definition) is 10. The molecule has 18 heteroatoms. The molecule has 264 valence electrons. The fraction of sp³-hybridized carbons (Fsp3) is 0.613. The van der Waals surface area contributed by atoms with Crippen LogP contribution in [0.1, 0.15) is 64.7 Å². The number of carbonyl (C=O) groups excluding carboxylic acids is 4. The van der Waals surface area contributed by atoms with Gasteiger partial charge in [0.1, 0.15) is 12.2 Å². The maximum absolute atomic E-state index is 15.1. The smallest absolute Gasteiger partial charge is 0.849 e. The van der Waals surface area contributed by atoms with Crippen molar-refractivity contribution in [2.24, 2.45) is 22.7 Å². The first-order valence-electron chi connectivity index (χ1n) is 15.6. The Morgan fingerprint density at radius 3 is 2.08 bits per heavy atom. The van der Waals surface area contributed by atoms with E-state index in [1.54, 1.807) is 37.3 Å². The Balaban J connectivity index is 0.00000541. The maximum Gasteiger partial charge on any atom is 1.00 e. The standard InChI is InChI=1S/C31H44O10P7.Li/c1-15-20(34)12-19-25(39-28(36)18-10-8-7-9-11-18)26-30(6,27(38-16(2)32)24(35)23(15)29(19,4)5)21(41-46(47(42)43)48(44)45)13-22-31(26,14-37-22)40-17(3)33;/h7-11,19-22,25-27H,12-14,42-45H2,1-6H3;/q-1;+1/t19?,20-,21-,22+,25+,26?,27+,30+,31-;/m0./s1. The molecule has 0 spiro atoms. The Hall–Kier alpha value is 0.527. The average Bonchev–Trinajstić information content (AvgIpc) is 2.98. The van der Waals surface area contributed by atoms with Gasteiger partial charge in [-0.1, -0.05) is 51.0 Å². The number of hydrogen-bond donors (Lipinski definition) is 0. The molecule has 10 nitrogen and oxygen atoms in total. The Morgan fingerprint density at radius 2 is 1.57 bits per heavy atom. The SMILES string of the molecule is CC(=O)O[C@@H]1C(=O)C2=C(C)[C@@H]([O-])CC([C@@H](OC(=O)c3ccccc3)C3[C@@]1(C)[C@@H](OP(P(P)P)P(P)P)C[C@H]1OC[C@@]31OC(C)=O)C2(C)C.[Li+]. The summed E-state index contributed by atoms with van der Waals surface area (Å²) in [6.07, 6.45) is -4.93. The van der Waals surface area contributed by atoms with E-state index in [1.165, 1.54) is 13.8 Å². The molecule has 0 radical (unpaired) electrons. The Bertz CT molecular complexity index is 1490. The van der Waals surface area contributed by atoms with Crippen LogP contribution in [0.15, 0.2) is 41.5 Å². The van der Waals surface area contributed by atoms with Gasteiger partial charge in [-0.3, -0.25) is 14.4 Å². The second kappa shape index (κ2) is 16.1. The summed E-state index contributed by atoms with van der Waals surface area (Å²) in [6.45, 7) is 8.24. The summed E-state index contributed by atoms with van der Waals surface area (Å²) in [7, 11) is 10.2. The van der Waals surface area contributed by atoms with Crippen molar-refractivity contribution in [1.29, 1.82) is 0 Å². The van der Waals surface area contributed by atoms with E-state index in [1.807, 2.05) is 20.8 Å². The van der Waals surface area contributed by atoms with Crippen molar-refractivity contribution in [1.82, 2.24) is 0 Å². The first-order valence-corrected chi connectivity index (χ1v) is 27.4. The minimum absolute atomic E-state index is 0. The van der Waals surface area contributed by atoms with E-state index in [-0.39, 0.29) is 43.9 Å². The number of carbonyl (C=O) groups is 4. The molecule has 4 aliphatic rings. The van der Waals surface area contributed by atoms with Crippen LogP contribution in [0.5, 0.6) is 0 Å². The molecule has 2 bridgehead atoms. The van der Waals surface area contributed by atoms with Gasteiger partial charge in [0.25, 0.3) is 0 Å². The molecule has 1 aromatic rings. The predicted molar refractivity (Wildman–Crippen MR) is 200 cm³/mol. The van der Waals surface area contributed by atoms with Gasteiger partial charge in [-0.05, 0) is 38.4 Å². The number of benzene rings is 1. The van der Waals surface area contributed by atoms with E-state index in [4.69, 9.17) is 23.5 Å². The van der Waals surface area contributed by atoms with Gasteiger partial charge >= 0.3 is 36.8 Å². The summed E-state index contributed by atoms with van der Waals surface area (Å²) in [5.41, 5.74) is -2.82. The summed E-state index contributed by atoms with van der Waals surface area (Å²) >= 11 is 0. The topological polar surface area (TPSA) is 137 Å². The monoisotopic (exact) mass is 800 g/mol. The molecule has 0 N–H and O–H groups in total. The quantitative estimate of drug-likeness (QED) is 0.167. The Morgan fingerprint density at radius 1 is 0.959 bits per heavy atom. The summed E-state index contributed by atoms with van der Waals surface area (Å²) in [5, 5.41) is 13.8. The zero-order chi connectivity index (χ0) is 35.5. The summed E-state index contributed by atoms with van der Waals surface area (Å²) in [6, 6.07) is 8.54. The van der Waals surface area contributed by atoms with Crippen LogP contribution in [0.3, 0.4) is 0 Å². The summed E-state index contributed by atoms with van der Waals surface area (Å²) < 4.78 is 32.1. The van der Waals surface area contributed by atoms with Gasteiger partial charge in [0.05, 0.1) is 31.7 Å². The van der Waals surface area contributed by atoms with Gasteiger partial charge in [0, 0.05) is 37.2 Å². The molecule has 1 heterocycles. The molecule has 3 fully saturated rings. The largest absolute Gasteiger partial charge is 1.00 e. The van der Waals surface area contributed by atoms with Crippen molar-refractivity contribution < 1.29 is 66.6 Å². The van der Waals surface area contributed by atoms with Gasteiger partial charge in [-0.2, -0.15) is 0 Å². The molecule has 5 rings (SSSR count). The second-order valence-electron chi connectivity index (χ2n) is 13.7. The summed E-state index contributed by atoms with van der Waals surface area (Å²) in [4.78, 5) is 55.1. The molecule has 1 saturated heterocycles. The van der Waals surface area contributed by atoms with Crippen LogP contribution < -0.4 is 24.0 Å². The van der Waals surface area contributed by atoms with Crippen LogP contribution >= 0.6 is 57.2 Å². The van der Waals surface area contributed by atoms with E-state index in [2.05, 4.69) is 35.7 Å². The minimum Gasteiger partial charge on any atom is -0.849 e. The number of fused-ring (bicyclic) bond motifs is 5. The first-order chi connectivity index (χ1) is 22.4. The van der Waals surface area contributed by atoms with Gasteiger partial charge in [0.2, 0.25) is 5.78 Å². The molecule has 0 aromatic heterocycles. The number of ketones is 1. The van der Waals surface area contributed by atoms with Crippen molar-refractivity contribution in [2.75, 3.05) is 6.61 Å². The minimum atomic E-state index is -1.45. The molecule has 1 aliphatic heterocycles. The molecule has 1 aromatic carbocycles. The first kappa shape index (κ1) is 42.3. The normalized spacial score (nSPS) is 34.9. The molecule has 0 amide bonds. The molecular formula is C31H44LiO10P7. The van der Waals surface area contributed by atoms with Crippen molar-refractivity contribution in [3.8, 4) is 0 Å². The van der Waals surface area contributed by atoms with E-state index >= 15 is 4.79 Å². The molecule has 49 heavy (non-hydrogen) atoms. The molecule has 6 unspecified atom stereocenters. The van der Waals surface area contributed by atoms with Crippen molar-refractivity contribution in [2.45, 2.75) is 90.5 Å². The van der Waals surface area contributed by atoms with Crippen LogP contribution in [-0.2, 0) is 37.9 Å². The fourth-order valence-corrected chi connectivity index (χ4v) is 41.4. The maximum atomic E-state index is 15.1. The van der Waals surface area contributed by atoms with Crippen molar-refractivity contribution >= 4 is 80.9 Å². The molecule has 3 aliphatic carbocycles. The molecule has 13 atom stereocenters. The van der Waals surface area contributed by atoms with Gasteiger partial charge in [-0.25, -0.2) is 4.79 Å². The number of esters is 3. The average molecular weight is 800 g/mol. The van der Waals surface area contributed by atoms with Crippen LogP contribution in [0.25, 0.3) is 0 Å². The Labute approximate surface area is 312 Å². The molecular weight excluding hydrogens is 756 g/mol. The van der Waals surface area contributed by atoms with Crippen molar-refractivity contribution in [3.63, 3.8) is 0 Å². The number of ether oxygens (including phenoxy) is 4. The van der Waals surface area contributed by atoms with Crippen LogP contribution in [0.4, 0.5) is 0 Å². The van der Waals surface area contributed by atoms with Gasteiger partial charge in [-0.15, -0.1) is 41.8 Å². The van der Waals surface area contributed by atoms with Crippen molar-refractivity contribution in [3.05, 3.63) is 47.0 Å². The second-order valence-corrected chi connectivity index (χ2v) is 37.3. The van der Waals surface area contributed by atoms with E-state index in [0.29, 0.717) is 11.1 Å². The summed E-state index contributed by atoms with van der Waals surface area (Å²) in [5.74, 6) is -4.01. The van der Waals surface area contributed by atoms with Gasteiger partial charge < -0.3 is 28.6 Å². The third-order valence-corrected chi connectivity index (χ3v) is 33.0. The molecule has 2 saturated carbocycles. The van der Waals surface area contributed by atoms with Crippen LogP contribution in [-0.4, -0.2) is 66.4 Å². The van der Waals surface area contributed by atoms with Crippen LogP contribution in [0, 0.1) is 22.7 Å². The fourth-order valence-electron chi connectivity index (χ4n) is 8.51. The number of Topliss-reactive ketones (excluding diaryl/α,β-unsaturated/α-hetero) is 1.